The maximum Gasteiger partial charge on any atom is 0.408 e. The van der Waals surface area contributed by atoms with E-state index in [1.165, 1.54) is 12.1 Å². The molecule has 4 rings (SSSR count). The van der Waals surface area contributed by atoms with E-state index in [-0.39, 0.29) is 24.3 Å². The standard InChI is InChI=1S/C33H43ClFN3O5/c1-33(2,24-11-7-12-25(34)19-24)29(22-10-6-13-26(35)17-22)43-32(42)38-28(16-21-8-4-3-5-9-21)31(41)37-27(20-39)18-23-14-15-36-30(23)40/h6-7,10-13,17,19,21,23,27-29,39H,3-5,8-9,14-16,18,20H2,1-2H3,(H,36,40)(H,37,41)(H,38,42)/t23-,27-,28-,29?/m0/s1. The number of hydrogen-bond donors (Lipinski definition) is 4. The number of rotatable bonds is 12. The minimum absolute atomic E-state index is 0.0844. The molecule has 1 unspecified atom stereocenters. The third-order valence-corrected chi connectivity index (χ3v) is 9.04. The largest absolute Gasteiger partial charge is 0.440 e. The molecule has 1 aliphatic heterocycles. The molecule has 234 valence electrons. The summed E-state index contributed by atoms with van der Waals surface area (Å²) >= 11 is 6.28. The van der Waals surface area contributed by atoms with Crippen molar-refractivity contribution in [1.82, 2.24) is 16.0 Å². The molecule has 0 bridgehead atoms. The van der Waals surface area contributed by atoms with Crippen molar-refractivity contribution in [1.29, 1.82) is 0 Å². The van der Waals surface area contributed by atoms with E-state index in [2.05, 4.69) is 16.0 Å². The monoisotopic (exact) mass is 615 g/mol. The number of halogens is 2. The Bertz CT molecular complexity index is 1270. The Morgan fingerprint density at radius 2 is 1.81 bits per heavy atom. The van der Waals surface area contributed by atoms with Gasteiger partial charge in [-0.05, 0) is 60.6 Å². The first-order chi connectivity index (χ1) is 20.6. The van der Waals surface area contributed by atoms with Crippen LogP contribution in [0.3, 0.4) is 0 Å². The summed E-state index contributed by atoms with van der Waals surface area (Å²) < 4.78 is 20.4. The van der Waals surface area contributed by atoms with Crippen LogP contribution in [-0.4, -0.2) is 48.2 Å². The van der Waals surface area contributed by atoms with Crippen LogP contribution in [0.4, 0.5) is 9.18 Å². The number of benzene rings is 2. The smallest absolute Gasteiger partial charge is 0.408 e. The maximum atomic E-state index is 14.3. The van der Waals surface area contributed by atoms with Gasteiger partial charge < -0.3 is 25.8 Å². The lowest BCUT2D eigenvalue weighted by molar-refractivity contribution is -0.126. The van der Waals surface area contributed by atoms with Gasteiger partial charge in [-0.2, -0.15) is 0 Å². The van der Waals surface area contributed by atoms with Gasteiger partial charge in [-0.15, -0.1) is 0 Å². The Hall–Kier alpha value is -3.17. The Balaban J connectivity index is 1.54. The predicted molar refractivity (Wildman–Crippen MR) is 163 cm³/mol. The number of carbonyl (C=O) groups is 3. The molecule has 8 nitrogen and oxygen atoms in total. The van der Waals surface area contributed by atoms with Crippen molar-refractivity contribution in [2.75, 3.05) is 13.2 Å². The van der Waals surface area contributed by atoms with Crippen molar-refractivity contribution in [2.45, 2.75) is 88.8 Å². The molecule has 4 atom stereocenters. The second-order valence-corrected chi connectivity index (χ2v) is 12.8. The minimum atomic E-state index is -0.913. The molecule has 43 heavy (non-hydrogen) atoms. The second kappa shape index (κ2) is 15.0. The average molecular weight is 616 g/mol. The lowest BCUT2D eigenvalue weighted by atomic mass is 9.76. The zero-order chi connectivity index (χ0) is 31.0. The fourth-order valence-corrected chi connectivity index (χ4v) is 6.50. The Labute approximate surface area is 258 Å². The number of nitrogens with one attached hydrogen (secondary N) is 3. The van der Waals surface area contributed by atoms with Gasteiger partial charge in [0.1, 0.15) is 18.0 Å². The molecule has 2 aromatic rings. The second-order valence-electron chi connectivity index (χ2n) is 12.4. The first-order valence-corrected chi connectivity index (χ1v) is 15.6. The fraction of sp³-hybridized carbons (Fsp3) is 0.545. The highest BCUT2D eigenvalue weighted by atomic mass is 35.5. The van der Waals surface area contributed by atoms with Gasteiger partial charge in [0, 0.05) is 22.9 Å². The summed E-state index contributed by atoms with van der Waals surface area (Å²) in [4.78, 5) is 39.2. The number of aliphatic hydroxyl groups excluding tert-OH is 1. The third-order valence-electron chi connectivity index (χ3n) is 8.80. The van der Waals surface area contributed by atoms with Crippen molar-refractivity contribution in [3.63, 3.8) is 0 Å². The fourth-order valence-electron chi connectivity index (χ4n) is 6.31. The quantitative estimate of drug-likeness (QED) is 0.249. The van der Waals surface area contributed by atoms with Gasteiger partial charge in [0.15, 0.2) is 0 Å². The molecule has 10 heteroatoms. The number of aliphatic hydroxyl groups is 1. The topological polar surface area (TPSA) is 117 Å². The van der Waals surface area contributed by atoms with Crippen LogP contribution in [0.25, 0.3) is 0 Å². The van der Waals surface area contributed by atoms with Crippen molar-refractivity contribution >= 4 is 29.5 Å². The lowest BCUT2D eigenvalue weighted by Crippen LogP contribution is -2.52. The van der Waals surface area contributed by atoms with E-state index < -0.39 is 41.4 Å². The van der Waals surface area contributed by atoms with Gasteiger partial charge in [-0.25, -0.2) is 9.18 Å². The maximum absolute atomic E-state index is 14.3. The van der Waals surface area contributed by atoms with E-state index in [1.807, 2.05) is 19.9 Å². The summed E-state index contributed by atoms with van der Waals surface area (Å²) in [5, 5.41) is 18.9. The number of alkyl carbamates (subject to hydrolysis) is 1. The molecule has 2 aromatic carbocycles. The zero-order valence-electron chi connectivity index (χ0n) is 24.9. The molecule has 1 saturated heterocycles. The van der Waals surface area contributed by atoms with E-state index in [9.17, 15) is 23.9 Å². The number of hydrogen-bond acceptors (Lipinski definition) is 5. The van der Waals surface area contributed by atoms with Crippen LogP contribution >= 0.6 is 11.6 Å². The summed E-state index contributed by atoms with van der Waals surface area (Å²) in [6.07, 6.45) is 4.85. The molecule has 0 radical (unpaired) electrons. The number of amides is 3. The lowest BCUT2D eigenvalue weighted by Gasteiger charge is -2.35. The van der Waals surface area contributed by atoms with Crippen molar-refractivity contribution < 1.29 is 28.6 Å². The molecule has 0 aromatic heterocycles. The van der Waals surface area contributed by atoms with Gasteiger partial charge in [0.25, 0.3) is 0 Å². The zero-order valence-corrected chi connectivity index (χ0v) is 25.7. The molecule has 1 heterocycles. The summed E-state index contributed by atoms with van der Waals surface area (Å²) in [7, 11) is 0. The molecule has 1 saturated carbocycles. The molecular formula is C33H43ClFN3O5. The summed E-state index contributed by atoms with van der Waals surface area (Å²) in [6, 6.07) is 11.6. The normalized spacial score (nSPS) is 19.7. The first-order valence-electron chi connectivity index (χ1n) is 15.2. The molecule has 2 fully saturated rings. The highest BCUT2D eigenvalue weighted by Gasteiger charge is 2.38. The SMILES string of the molecule is CC(C)(c1cccc(Cl)c1)C(OC(=O)N[C@@H](CC1CCCCC1)C(=O)N[C@H](CO)C[C@@H]1CCNC1=O)c1cccc(F)c1. The Kier molecular flexibility index (Phi) is 11.4. The van der Waals surface area contributed by atoms with Gasteiger partial charge in [-0.3, -0.25) is 9.59 Å². The van der Waals surface area contributed by atoms with E-state index in [0.29, 0.717) is 36.4 Å². The molecule has 0 spiro atoms. The summed E-state index contributed by atoms with van der Waals surface area (Å²) in [6.45, 7) is 4.02. The van der Waals surface area contributed by atoms with Crippen LogP contribution in [0.15, 0.2) is 48.5 Å². The van der Waals surface area contributed by atoms with E-state index in [1.54, 1.807) is 30.3 Å². The van der Waals surface area contributed by atoms with E-state index >= 15 is 0 Å². The molecule has 2 aliphatic rings. The Morgan fingerprint density at radius 3 is 2.47 bits per heavy atom. The highest BCUT2D eigenvalue weighted by molar-refractivity contribution is 6.30. The van der Waals surface area contributed by atoms with Crippen molar-refractivity contribution in [3.05, 3.63) is 70.5 Å². The van der Waals surface area contributed by atoms with Crippen LogP contribution in [0, 0.1) is 17.7 Å². The highest BCUT2D eigenvalue weighted by Crippen LogP contribution is 2.40. The van der Waals surface area contributed by atoms with Gasteiger partial charge in [0.2, 0.25) is 11.8 Å². The summed E-state index contributed by atoms with van der Waals surface area (Å²) in [5.74, 6) is -1.02. The predicted octanol–water partition coefficient (Wildman–Crippen LogP) is 5.57. The molecular weight excluding hydrogens is 573 g/mol. The van der Waals surface area contributed by atoms with Crippen LogP contribution in [0.1, 0.15) is 82.4 Å². The van der Waals surface area contributed by atoms with Crippen LogP contribution in [0.2, 0.25) is 5.02 Å². The van der Waals surface area contributed by atoms with Crippen molar-refractivity contribution in [3.8, 4) is 0 Å². The average Bonchev–Trinajstić information content (AvgIpc) is 3.39. The Morgan fingerprint density at radius 1 is 1.07 bits per heavy atom. The molecule has 4 N–H and O–H groups in total. The minimum Gasteiger partial charge on any atom is -0.440 e. The first kappa shape index (κ1) is 32.7. The number of carbonyl (C=O) groups excluding carboxylic acids is 3. The van der Waals surface area contributed by atoms with Crippen LogP contribution in [0.5, 0.6) is 0 Å². The van der Waals surface area contributed by atoms with Crippen LogP contribution < -0.4 is 16.0 Å². The van der Waals surface area contributed by atoms with E-state index in [0.717, 1.165) is 37.7 Å². The molecule has 1 aliphatic carbocycles. The van der Waals surface area contributed by atoms with Crippen LogP contribution in [-0.2, 0) is 19.7 Å². The van der Waals surface area contributed by atoms with E-state index in [4.69, 9.17) is 16.3 Å². The number of ether oxygens (including phenoxy) is 1. The molecule has 3 amide bonds. The third kappa shape index (κ3) is 8.92. The van der Waals surface area contributed by atoms with Gasteiger partial charge in [0.05, 0.1) is 12.6 Å². The van der Waals surface area contributed by atoms with Gasteiger partial charge >= 0.3 is 6.09 Å². The van der Waals surface area contributed by atoms with Gasteiger partial charge in [-0.1, -0.05) is 81.8 Å². The summed E-state index contributed by atoms with van der Waals surface area (Å²) in [5.41, 5.74) is 0.435. The van der Waals surface area contributed by atoms with Crippen molar-refractivity contribution in [2.24, 2.45) is 11.8 Å².